The van der Waals surface area contributed by atoms with Crippen LogP contribution < -0.4 is 5.32 Å². The third kappa shape index (κ3) is 3.52. The van der Waals surface area contributed by atoms with Crippen molar-refractivity contribution in [1.29, 1.82) is 5.26 Å². The number of thiophene rings is 1. The molecule has 0 radical (unpaired) electrons. The maximum absolute atomic E-state index is 13.0. The molecule has 0 fully saturated rings. The molecular weight excluding hydrogens is 374 g/mol. The van der Waals surface area contributed by atoms with Gasteiger partial charge in [0.2, 0.25) is 5.91 Å². The van der Waals surface area contributed by atoms with Gasteiger partial charge in [-0.15, -0.1) is 11.3 Å². The highest BCUT2D eigenvalue weighted by Gasteiger charge is 2.32. The smallest absolute Gasteiger partial charge is 0.254 e. The quantitative estimate of drug-likeness (QED) is 0.739. The van der Waals surface area contributed by atoms with E-state index in [1.807, 2.05) is 28.1 Å². The van der Waals surface area contributed by atoms with E-state index in [0.717, 1.165) is 10.6 Å². The van der Waals surface area contributed by atoms with E-state index in [0.29, 0.717) is 24.2 Å². The minimum atomic E-state index is -0.547. The first-order valence-electron chi connectivity index (χ1n) is 8.76. The van der Waals surface area contributed by atoms with Gasteiger partial charge in [0.05, 0.1) is 43.3 Å². The molecule has 1 aromatic carbocycles. The number of nitrogens with one attached hydrogen (secondary N) is 1. The van der Waals surface area contributed by atoms with Gasteiger partial charge in [0.25, 0.3) is 5.91 Å². The summed E-state index contributed by atoms with van der Waals surface area (Å²) in [6.07, 6.45) is 3.30. The van der Waals surface area contributed by atoms with Crippen LogP contribution in [0.25, 0.3) is 0 Å². The second-order valence-electron chi connectivity index (χ2n) is 6.48. The van der Waals surface area contributed by atoms with Crippen LogP contribution in [0.2, 0.25) is 0 Å². The molecule has 2 aromatic heterocycles. The summed E-state index contributed by atoms with van der Waals surface area (Å²) in [4.78, 5) is 32.6. The molecule has 3 aromatic rings. The van der Waals surface area contributed by atoms with Gasteiger partial charge in [-0.25, -0.2) is 4.98 Å². The number of rotatable bonds is 4. The number of hydrogen-bond acceptors (Lipinski definition) is 5. The van der Waals surface area contributed by atoms with Crippen LogP contribution in [0.1, 0.15) is 32.5 Å². The summed E-state index contributed by atoms with van der Waals surface area (Å²) in [5.41, 5.74) is 1.66. The van der Waals surface area contributed by atoms with Crippen molar-refractivity contribution in [2.24, 2.45) is 0 Å². The highest BCUT2D eigenvalue weighted by Crippen LogP contribution is 2.23. The van der Waals surface area contributed by atoms with Crippen molar-refractivity contribution in [3.05, 3.63) is 76.0 Å². The number of amides is 2. The first-order valence-corrected chi connectivity index (χ1v) is 9.64. The molecule has 1 N–H and O–H groups in total. The topological polar surface area (TPSA) is 91.0 Å². The molecule has 3 heterocycles. The summed E-state index contributed by atoms with van der Waals surface area (Å²) < 4.78 is 1.82. The van der Waals surface area contributed by atoms with Crippen molar-refractivity contribution < 1.29 is 9.59 Å². The first kappa shape index (κ1) is 17.9. The molecule has 140 valence electrons. The Bertz CT molecular complexity index is 1050. The molecule has 4 rings (SSSR count). The summed E-state index contributed by atoms with van der Waals surface area (Å²) in [5.74, 6) is -0.364. The van der Waals surface area contributed by atoms with E-state index in [9.17, 15) is 9.59 Å². The lowest BCUT2D eigenvalue weighted by Crippen LogP contribution is -2.46. The summed E-state index contributed by atoms with van der Waals surface area (Å²) in [6.45, 7) is 1.06. The Kier molecular flexibility index (Phi) is 4.91. The molecule has 0 bridgehead atoms. The van der Waals surface area contributed by atoms with Gasteiger partial charge in [-0.3, -0.25) is 9.59 Å². The predicted molar refractivity (Wildman–Crippen MR) is 103 cm³/mol. The molecule has 1 aliphatic heterocycles. The van der Waals surface area contributed by atoms with Crippen LogP contribution in [0.15, 0.2) is 54.3 Å². The Hall–Kier alpha value is -3.44. The van der Waals surface area contributed by atoms with Gasteiger partial charge >= 0.3 is 0 Å². The highest BCUT2D eigenvalue weighted by molar-refractivity contribution is 7.09. The van der Waals surface area contributed by atoms with Crippen molar-refractivity contribution in [3.63, 3.8) is 0 Å². The van der Waals surface area contributed by atoms with E-state index >= 15 is 0 Å². The number of hydrogen-bond donors (Lipinski definition) is 1. The normalized spacial score (nSPS) is 15.5. The fourth-order valence-electron chi connectivity index (χ4n) is 3.27. The van der Waals surface area contributed by atoms with Gasteiger partial charge in [0, 0.05) is 16.6 Å². The Labute approximate surface area is 165 Å². The van der Waals surface area contributed by atoms with E-state index < -0.39 is 6.04 Å². The second-order valence-corrected chi connectivity index (χ2v) is 7.52. The number of imidazole rings is 1. The fraction of sp³-hybridized carbons (Fsp3) is 0.200. The number of aromatic nitrogens is 2. The fourth-order valence-corrected chi connectivity index (χ4v) is 3.91. The van der Waals surface area contributed by atoms with Gasteiger partial charge in [0.15, 0.2) is 0 Å². The Morgan fingerprint density at radius 2 is 2.21 bits per heavy atom. The van der Waals surface area contributed by atoms with Crippen molar-refractivity contribution >= 4 is 23.2 Å². The van der Waals surface area contributed by atoms with E-state index in [2.05, 4.69) is 10.3 Å². The summed E-state index contributed by atoms with van der Waals surface area (Å²) >= 11 is 1.58. The average Bonchev–Trinajstić information content (AvgIpc) is 3.42. The molecule has 2 amide bonds. The molecule has 0 aliphatic carbocycles. The van der Waals surface area contributed by atoms with Crippen LogP contribution in [0.4, 0.5) is 0 Å². The monoisotopic (exact) mass is 391 g/mol. The Morgan fingerprint density at radius 3 is 3.00 bits per heavy atom. The molecule has 7 nitrogen and oxygen atoms in total. The molecule has 0 saturated heterocycles. The first-order chi connectivity index (χ1) is 13.7. The van der Waals surface area contributed by atoms with E-state index in [4.69, 9.17) is 5.26 Å². The molecule has 8 heteroatoms. The van der Waals surface area contributed by atoms with Crippen molar-refractivity contribution in [2.45, 2.75) is 19.1 Å². The number of nitriles is 1. The zero-order chi connectivity index (χ0) is 19.5. The zero-order valence-corrected chi connectivity index (χ0v) is 15.7. The molecule has 0 saturated carbocycles. The molecule has 0 unspecified atom stereocenters. The molecule has 1 atom stereocenters. The third-order valence-corrected chi connectivity index (χ3v) is 5.55. The van der Waals surface area contributed by atoms with Crippen LogP contribution in [0, 0.1) is 11.3 Å². The van der Waals surface area contributed by atoms with Gasteiger partial charge in [-0.1, -0.05) is 12.1 Å². The number of carbonyl (C=O) groups is 2. The van der Waals surface area contributed by atoms with E-state index in [-0.39, 0.29) is 18.4 Å². The van der Waals surface area contributed by atoms with E-state index in [1.165, 1.54) is 0 Å². The zero-order valence-electron chi connectivity index (χ0n) is 14.9. The van der Waals surface area contributed by atoms with Crippen molar-refractivity contribution in [1.82, 2.24) is 19.8 Å². The lowest BCUT2D eigenvalue weighted by Gasteiger charge is -2.33. The molecule has 28 heavy (non-hydrogen) atoms. The summed E-state index contributed by atoms with van der Waals surface area (Å²) in [5, 5.41) is 14.0. The maximum Gasteiger partial charge on any atom is 0.254 e. The minimum Gasteiger partial charge on any atom is -0.349 e. The molecular formula is C20H17N5O2S. The minimum absolute atomic E-state index is 0.157. The van der Waals surface area contributed by atoms with Crippen LogP contribution in [-0.2, 0) is 17.9 Å². The van der Waals surface area contributed by atoms with Crippen LogP contribution in [0.3, 0.4) is 0 Å². The number of benzene rings is 1. The van der Waals surface area contributed by atoms with E-state index in [1.54, 1.807) is 53.0 Å². The molecule has 0 spiro atoms. The lowest BCUT2D eigenvalue weighted by atomic mass is 10.1. The summed E-state index contributed by atoms with van der Waals surface area (Å²) in [7, 11) is 0. The van der Waals surface area contributed by atoms with Gasteiger partial charge in [-0.05, 0) is 29.6 Å². The van der Waals surface area contributed by atoms with Gasteiger partial charge in [-0.2, -0.15) is 5.26 Å². The largest absolute Gasteiger partial charge is 0.349 e. The van der Waals surface area contributed by atoms with Crippen LogP contribution >= 0.6 is 11.3 Å². The second kappa shape index (κ2) is 7.66. The number of nitrogens with zero attached hydrogens (tertiary/aromatic N) is 4. The Balaban J connectivity index is 1.54. The average molecular weight is 391 g/mol. The van der Waals surface area contributed by atoms with Crippen molar-refractivity contribution in [2.75, 3.05) is 6.54 Å². The SMILES string of the molecule is N#Cc1cccc(C(=O)N2Cc3cncn3[C@H](C(=O)NCc3cccs3)C2)c1. The summed E-state index contributed by atoms with van der Waals surface area (Å²) in [6, 6.07) is 12.0. The standard InChI is InChI=1S/C20H17N5O2S/c21-8-14-3-1-4-15(7-14)20(27)24-11-16-9-22-13-25(16)18(12-24)19(26)23-10-17-5-2-6-28-17/h1-7,9,13,18H,10-12H2,(H,23,26)/t18-/m0/s1. The predicted octanol–water partition coefficient (Wildman–Crippen LogP) is 2.33. The number of carbonyl (C=O) groups excluding carboxylic acids is 2. The van der Waals surface area contributed by atoms with Gasteiger partial charge in [0.1, 0.15) is 6.04 Å². The Morgan fingerprint density at radius 1 is 1.32 bits per heavy atom. The third-order valence-electron chi connectivity index (χ3n) is 4.67. The van der Waals surface area contributed by atoms with Crippen LogP contribution in [0.5, 0.6) is 0 Å². The maximum atomic E-state index is 13.0. The molecule has 1 aliphatic rings. The van der Waals surface area contributed by atoms with Crippen LogP contribution in [-0.4, -0.2) is 32.8 Å². The van der Waals surface area contributed by atoms with Gasteiger partial charge < -0.3 is 14.8 Å². The highest BCUT2D eigenvalue weighted by atomic mass is 32.1. The van der Waals surface area contributed by atoms with Crippen molar-refractivity contribution in [3.8, 4) is 6.07 Å². The number of fused-ring (bicyclic) bond motifs is 1. The lowest BCUT2D eigenvalue weighted by molar-refractivity contribution is -0.125.